The standard InChI is InChI=1S/2C3H8.C2H6O.C2H4O/c2*1-3-2;2*1-2-3/h2*3H2,1-2H3;3H,2H2,1H3;2H,1H3. The fourth-order valence-corrected chi connectivity index (χ4v) is 0. The van der Waals surface area contributed by atoms with Crippen LogP contribution in [-0.4, -0.2) is 18.0 Å². The molecule has 0 radical (unpaired) electrons. The zero-order valence-electron chi connectivity index (χ0n) is 9.55. The highest BCUT2D eigenvalue weighted by Gasteiger charge is 1.36. The van der Waals surface area contributed by atoms with Crippen molar-refractivity contribution in [2.75, 3.05) is 6.61 Å². The van der Waals surface area contributed by atoms with E-state index < -0.39 is 0 Å². The third-order valence-electron chi connectivity index (χ3n) is 0. The zero-order valence-corrected chi connectivity index (χ0v) is 9.55. The van der Waals surface area contributed by atoms with Gasteiger partial charge in [-0.3, -0.25) is 0 Å². The summed E-state index contributed by atoms with van der Waals surface area (Å²) < 4.78 is 0. The van der Waals surface area contributed by atoms with Crippen molar-refractivity contribution in [3.63, 3.8) is 0 Å². The molecule has 78 valence electrons. The van der Waals surface area contributed by atoms with Gasteiger partial charge in [-0.2, -0.15) is 0 Å². The van der Waals surface area contributed by atoms with Gasteiger partial charge >= 0.3 is 0 Å². The largest absolute Gasteiger partial charge is 0.397 e. The first-order valence-corrected chi connectivity index (χ1v) is 4.66. The number of hydrogen-bond donors (Lipinski definition) is 1. The Bertz CT molecular complexity index is 32.1. The third-order valence-corrected chi connectivity index (χ3v) is 0. The molecule has 0 spiro atoms. The normalized spacial score (nSPS) is 5.58. The molecule has 0 bridgehead atoms. The van der Waals surface area contributed by atoms with E-state index in [1.807, 2.05) is 0 Å². The molecule has 2 nitrogen and oxygen atoms in total. The van der Waals surface area contributed by atoms with Crippen LogP contribution >= 0.6 is 0 Å². The lowest BCUT2D eigenvalue weighted by molar-refractivity contribution is -0.106. The Balaban J connectivity index is -0.0000000356. The number of aliphatic hydroxyl groups is 1. The lowest BCUT2D eigenvalue weighted by atomic mass is 10.6. The molecule has 12 heavy (non-hydrogen) atoms. The lowest BCUT2D eigenvalue weighted by Gasteiger charge is -1.52. The molecule has 0 unspecified atom stereocenters. The lowest BCUT2D eigenvalue weighted by Crippen LogP contribution is -1.57. The Morgan fingerprint density at radius 3 is 1.00 bits per heavy atom. The summed E-state index contributed by atoms with van der Waals surface area (Å²) in [6.45, 7) is 11.9. The number of carbonyl (C=O) groups is 1. The van der Waals surface area contributed by atoms with Gasteiger partial charge < -0.3 is 9.90 Å². The van der Waals surface area contributed by atoms with E-state index in [2.05, 4.69) is 27.7 Å². The summed E-state index contributed by atoms with van der Waals surface area (Å²) in [5.74, 6) is 0. The molecule has 0 rings (SSSR count). The maximum atomic E-state index is 8.81. The van der Waals surface area contributed by atoms with E-state index in [-0.39, 0.29) is 6.61 Å². The number of aliphatic hydroxyl groups excluding tert-OH is 1. The van der Waals surface area contributed by atoms with Crippen molar-refractivity contribution in [2.45, 2.75) is 54.4 Å². The molecule has 0 atom stereocenters. The van der Waals surface area contributed by atoms with Crippen LogP contribution in [0.4, 0.5) is 0 Å². The van der Waals surface area contributed by atoms with Gasteiger partial charge in [-0.05, 0) is 13.8 Å². The van der Waals surface area contributed by atoms with Gasteiger partial charge in [0.15, 0.2) is 0 Å². The first-order chi connectivity index (χ1) is 5.66. The second-order valence-electron chi connectivity index (χ2n) is 1.97. The number of aldehydes is 1. The van der Waals surface area contributed by atoms with E-state index in [0.29, 0.717) is 0 Å². The summed E-state index contributed by atoms with van der Waals surface area (Å²) in [5.41, 5.74) is 0. The van der Waals surface area contributed by atoms with Crippen molar-refractivity contribution >= 4 is 6.29 Å². The smallest absolute Gasteiger partial charge is 0.116 e. The highest BCUT2D eigenvalue weighted by Crippen LogP contribution is 1.56. The Labute approximate surface area is 78.0 Å². The molecular weight excluding hydrogens is 152 g/mol. The molecule has 0 aliphatic rings. The second kappa shape index (κ2) is 74.8. The van der Waals surface area contributed by atoms with Gasteiger partial charge in [0, 0.05) is 6.61 Å². The highest BCUT2D eigenvalue weighted by molar-refractivity contribution is 5.44. The third kappa shape index (κ3) is 5240. The monoisotopic (exact) mass is 178 g/mol. The fourth-order valence-electron chi connectivity index (χ4n) is 0. The van der Waals surface area contributed by atoms with Crippen LogP contribution in [0.5, 0.6) is 0 Å². The highest BCUT2D eigenvalue weighted by atomic mass is 16.2. The number of rotatable bonds is 0. The zero-order chi connectivity index (χ0) is 10.8. The van der Waals surface area contributed by atoms with Crippen LogP contribution in [0.3, 0.4) is 0 Å². The summed E-state index contributed by atoms with van der Waals surface area (Å²) in [5, 5.41) is 7.57. The van der Waals surface area contributed by atoms with E-state index >= 15 is 0 Å². The van der Waals surface area contributed by atoms with Crippen LogP contribution in [0.1, 0.15) is 54.4 Å². The fraction of sp³-hybridized carbons (Fsp3) is 0.900. The number of hydrogen-bond acceptors (Lipinski definition) is 2. The van der Waals surface area contributed by atoms with Crippen molar-refractivity contribution < 1.29 is 9.90 Å². The topological polar surface area (TPSA) is 37.3 Å². The molecule has 0 amide bonds. The first kappa shape index (κ1) is 22.6. The molecule has 2 heteroatoms. The van der Waals surface area contributed by atoms with Crippen molar-refractivity contribution in [3.05, 3.63) is 0 Å². The van der Waals surface area contributed by atoms with Gasteiger partial charge in [-0.25, -0.2) is 0 Å². The Morgan fingerprint density at radius 2 is 1.00 bits per heavy atom. The van der Waals surface area contributed by atoms with Crippen molar-refractivity contribution in [1.29, 1.82) is 0 Å². The maximum Gasteiger partial charge on any atom is 0.116 e. The average molecular weight is 178 g/mol. The van der Waals surface area contributed by atoms with Gasteiger partial charge in [0.25, 0.3) is 0 Å². The Morgan fingerprint density at radius 1 is 1.00 bits per heavy atom. The minimum absolute atomic E-state index is 0.250. The molecule has 0 fully saturated rings. The molecule has 0 aromatic heterocycles. The summed E-state index contributed by atoms with van der Waals surface area (Å²) in [4.78, 5) is 8.81. The number of carbonyl (C=O) groups excluding carboxylic acids is 1. The predicted molar refractivity (Wildman–Crippen MR) is 56.4 cm³/mol. The molecule has 0 aliphatic carbocycles. The van der Waals surface area contributed by atoms with Crippen molar-refractivity contribution in [3.8, 4) is 0 Å². The summed E-state index contributed by atoms with van der Waals surface area (Å²) >= 11 is 0. The van der Waals surface area contributed by atoms with Crippen molar-refractivity contribution in [2.24, 2.45) is 0 Å². The summed E-state index contributed by atoms with van der Waals surface area (Å²) in [7, 11) is 0. The van der Waals surface area contributed by atoms with E-state index in [9.17, 15) is 0 Å². The molecule has 0 aliphatic heterocycles. The van der Waals surface area contributed by atoms with Crippen LogP contribution in [0.15, 0.2) is 0 Å². The molecule has 0 aromatic rings. The molecule has 1 N–H and O–H groups in total. The molecule has 0 aromatic carbocycles. The summed E-state index contributed by atoms with van der Waals surface area (Å²) in [6.07, 6.45) is 3.25. The van der Waals surface area contributed by atoms with Gasteiger partial charge in [0.1, 0.15) is 6.29 Å². The van der Waals surface area contributed by atoms with Gasteiger partial charge in [0.05, 0.1) is 0 Å². The van der Waals surface area contributed by atoms with Crippen LogP contribution < -0.4 is 0 Å². The Kier molecular flexibility index (Phi) is 141. The first-order valence-electron chi connectivity index (χ1n) is 4.66. The molecule has 0 saturated carbocycles. The van der Waals surface area contributed by atoms with E-state index in [1.54, 1.807) is 6.92 Å². The predicted octanol–water partition coefficient (Wildman–Crippen LogP) is 3.04. The quantitative estimate of drug-likeness (QED) is 0.579. The van der Waals surface area contributed by atoms with Crippen molar-refractivity contribution in [1.82, 2.24) is 0 Å². The molecular formula is C10H26O2. The van der Waals surface area contributed by atoms with Gasteiger partial charge in [-0.15, -0.1) is 0 Å². The van der Waals surface area contributed by atoms with Crippen LogP contribution in [0, 0.1) is 0 Å². The molecule has 0 heterocycles. The van der Waals surface area contributed by atoms with E-state index in [4.69, 9.17) is 9.90 Å². The molecule has 0 saturated heterocycles. The maximum absolute atomic E-state index is 8.81. The van der Waals surface area contributed by atoms with Crippen LogP contribution in [0.25, 0.3) is 0 Å². The minimum atomic E-state index is 0.250. The second-order valence-corrected chi connectivity index (χ2v) is 1.97. The Hall–Kier alpha value is -0.370. The van der Waals surface area contributed by atoms with Crippen LogP contribution in [0.2, 0.25) is 0 Å². The van der Waals surface area contributed by atoms with E-state index in [1.165, 1.54) is 19.8 Å². The van der Waals surface area contributed by atoms with E-state index in [0.717, 1.165) is 6.29 Å². The SMILES string of the molecule is CC=O.CCC.CCC.CCO. The van der Waals surface area contributed by atoms with Gasteiger partial charge in [-0.1, -0.05) is 40.5 Å². The van der Waals surface area contributed by atoms with Crippen LogP contribution in [-0.2, 0) is 4.79 Å². The average Bonchev–Trinajstić information content (AvgIpc) is 1.92. The summed E-state index contributed by atoms with van der Waals surface area (Å²) in [6, 6.07) is 0. The van der Waals surface area contributed by atoms with Gasteiger partial charge in [0.2, 0.25) is 0 Å². The minimum Gasteiger partial charge on any atom is -0.397 e.